The van der Waals surface area contributed by atoms with Crippen LogP contribution < -0.4 is 4.90 Å². The molecule has 6 nitrogen and oxygen atoms in total. The van der Waals surface area contributed by atoms with Crippen LogP contribution in [-0.2, 0) is 4.74 Å². The Morgan fingerprint density at radius 2 is 1.94 bits per heavy atom. The summed E-state index contributed by atoms with van der Waals surface area (Å²) in [6.07, 6.45) is -0.599. The van der Waals surface area contributed by atoms with Gasteiger partial charge in [-0.25, -0.2) is 4.79 Å². The van der Waals surface area contributed by atoms with E-state index in [1.54, 1.807) is 18.2 Å². The van der Waals surface area contributed by atoms with Crippen LogP contribution in [0.1, 0.15) is 20.7 Å². The molecule has 1 aliphatic heterocycles. The molecular weight excluding hydrogens is 236 g/mol. The Hall–Kier alpha value is -2.37. The zero-order chi connectivity index (χ0) is 13.4. The first kappa shape index (κ1) is 12.1. The van der Waals surface area contributed by atoms with Gasteiger partial charge >= 0.3 is 6.09 Å². The molecule has 1 aliphatic rings. The molecule has 1 aromatic carbocycles. The highest BCUT2D eigenvalue weighted by molar-refractivity contribution is 6.24. The molecule has 2 rings (SSSR count). The van der Waals surface area contributed by atoms with E-state index < -0.39 is 12.0 Å². The number of anilines is 1. The van der Waals surface area contributed by atoms with Gasteiger partial charge in [0, 0.05) is 14.1 Å². The zero-order valence-electron chi connectivity index (χ0n) is 10.3. The van der Waals surface area contributed by atoms with Gasteiger partial charge in [0.05, 0.1) is 23.9 Å². The third-order valence-corrected chi connectivity index (χ3v) is 2.91. The Labute approximate surface area is 104 Å². The SMILES string of the molecule is COC(=O)N(C)c1cccc2c1C(=O)N(C)C2=O. The number of carbonyl (C=O) groups is 3. The van der Waals surface area contributed by atoms with Gasteiger partial charge in [-0.2, -0.15) is 0 Å². The number of hydrogen-bond donors (Lipinski definition) is 0. The highest BCUT2D eigenvalue weighted by atomic mass is 16.5. The molecule has 0 bridgehead atoms. The lowest BCUT2D eigenvalue weighted by Gasteiger charge is -2.17. The summed E-state index contributed by atoms with van der Waals surface area (Å²) in [6, 6.07) is 4.78. The molecule has 1 heterocycles. The van der Waals surface area contributed by atoms with Crippen molar-refractivity contribution in [2.75, 3.05) is 26.1 Å². The summed E-state index contributed by atoms with van der Waals surface area (Å²) in [7, 11) is 4.14. The lowest BCUT2D eigenvalue weighted by Crippen LogP contribution is -2.28. The predicted octanol–water partition coefficient (Wildman–Crippen LogP) is 1.11. The van der Waals surface area contributed by atoms with Crippen LogP contribution in [0.2, 0.25) is 0 Å². The second-order valence-corrected chi connectivity index (χ2v) is 3.90. The standard InChI is InChI=1S/C12H12N2O4/c1-13(12(17)18-3)8-6-4-5-7-9(8)11(16)14(2)10(7)15/h4-6H,1-3H3. The normalized spacial score (nSPS) is 13.6. The summed E-state index contributed by atoms with van der Waals surface area (Å²) in [5, 5.41) is 0. The van der Waals surface area contributed by atoms with E-state index in [0.717, 1.165) is 4.90 Å². The molecular formula is C12H12N2O4. The largest absolute Gasteiger partial charge is 0.452 e. The predicted molar refractivity (Wildman–Crippen MR) is 63.7 cm³/mol. The molecule has 6 heteroatoms. The van der Waals surface area contributed by atoms with Crippen molar-refractivity contribution in [1.82, 2.24) is 4.90 Å². The van der Waals surface area contributed by atoms with Crippen LogP contribution in [0.15, 0.2) is 18.2 Å². The highest BCUT2D eigenvalue weighted by Gasteiger charge is 2.36. The molecule has 0 unspecified atom stereocenters. The molecule has 0 spiro atoms. The van der Waals surface area contributed by atoms with Gasteiger partial charge in [-0.05, 0) is 12.1 Å². The molecule has 0 N–H and O–H groups in total. The van der Waals surface area contributed by atoms with E-state index >= 15 is 0 Å². The van der Waals surface area contributed by atoms with Crippen molar-refractivity contribution in [2.45, 2.75) is 0 Å². The number of imide groups is 1. The molecule has 0 atom stereocenters. The molecule has 3 amide bonds. The summed E-state index contributed by atoms with van der Waals surface area (Å²) in [5.41, 5.74) is 0.899. The number of fused-ring (bicyclic) bond motifs is 1. The van der Waals surface area contributed by atoms with Crippen molar-refractivity contribution in [2.24, 2.45) is 0 Å². The third kappa shape index (κ3) is 1.54. The minimum Gasteiger partial charge on any atom is -0.452 e. The van der Waals surface area contributed by atoms with E-state index in [4.69, 9.17) is 0 Å². The van der Waals surface area contributed by atoms with Crippen LogP contribution in [-0.4, -0.2) is 44.0 Å². The molecule has 0 saturated heterocycles. The van der Waals surface area contributed by atoms with Gasteiger partial charge in [-0.15, -0.1) is 0 Å². The molecule has 94 valence electrons. The lowest BCUT2D eigenvalue weighted by atomic mass is 10.1. The maximum Gasteiger partial charge on any atom is 0.413 e. The minimum absolute atomic E-state index is 0.234. The fourth-order valence-corrected chi connectivity index (χ4v) is 1.90. The maximum absolute atomic E-state index is 12.0. The Morgan fingerprint density at radius 1 is 1.28 bits per heavy atom. The topological polar surface area (TPSA) is 66.9 Å². The molecule has 0 fully saturated rings. The number of nitrogens with zero attached hydrogens (tertiary/aromatic N) is 2. The second kappa shape index (κ2) is 4.14. The van der Waals surface area contributed by atoms with Gasteiger partial charge in [-0.1, -0.05) is 6.07 Å². The van der Waals surface area contributed by atoms with Crippen molar-refractivity contribution in [1.29, 1.82) is 0 Å². The van der Waals surface area contributed by atoms with Crippen molar-refractivity contribution in [3.8, 4) is 0 Å². The average molecular weight is 248 g/mol. The molecule has 0 saturated carbocycles. The van der Waals surface area contributed by atoms with Crippen molar-refractivity contribution < 1.29 is 19.1 Å². The summed E-state index contributed by atoms with van der Waals surface area (Å²) < 4.78 is 4.59. The highest BCUT2D eigenvalue weighted by Crippen LogP contribution is 2.30. The first-order valence-electron chi connectivity index (χ1n) is 5.26. The maximum atomic E-state index is 12.0. The first-order valence-corrected chi connectivity index (χ1v) is 5.26. The van der Waals surface area contributed by atoms with E-state index in [9.17, 15) is 14.4 Å². The van der Waals surface area contributed by atoms with Gasteiger partial charge in [-0.3, -0.25) is 19.4 Å². The lowest BCUT2D eigenvalue weighted by molar-refractivity contribution is 0.0693. The zero-order valence-corrected chi connectivity index (χ0v) is 10.3. The summed E-state index contributed by atoms with van der Waals surface area (Å²) >= 11 is 0. The quantitative estimate of drug-likeness (QED) is 0.698. The summed E-state index contributed by atoms with van der Waals surface area (Å²) in [4.78, 5) is 37.5. The van der Waals surface area contributed by atoms with Crippen molar-refractivity contribution in [3.63, 3.8) is 0 Å². The number of hydrogen-bond acceptors (Lipinski definition) is 4. The number of carbonyl (C=O) groups excluding carboxylic acids is 3. The van der Waals surface area contributed by atoms with Crippen LogP contribution >= 0.6 is 0 Å². The Balaban J connectivity index is 2.57. The number of ether oxygens (including phenoxy) is 1. The van der Waals surface area contributed by atoms with E-state index in [1.165, 1.54) is 26.1 Å². The summed E-state index contributed by atoms with van der Waals surface area (Å²) in [6.45, 7) is 0. The van der Waals surface area contributed by atoms with Gasteiger partial charge in [0.25, 0.3) is 11.8 Å². The van der Waals surface area contributed by atoms with E-state index in [1.807, 2.05) is 0 Å². The van der Waals surface area contributed by atoms with Crippen LogP contribution in [0, 0.1) is 0 Å². The Bertz CT molecular complexity index is 553. The smallest absolute Gasteiger partial charge is 0.413 e. The molecule has 0 aromatic heterocycles. The van der Waals surface area contributed by atoms with Gasteiger partial charge in [0.1, 0.15) is 0 Å². The monoisotopic (exact) mass is 248 g/mol. The van der Waals surface area contributed by atoms with Crippen LogP contribution in [0.3, 0.4) is 0 Å². The van der Waals surface area contributed by atoms with Gasteiger partial charge < -0.3 is 4.74 Å². The fourth-order valence-electron chi connectivity index (χ4n) is 1.90. The van der Waals surface area contributed by atoms with E-state index in [0.29, 0.717) is 11.3 Å². The molecule has 0 radical (unpaired) electrons. The number of rotatable bonds is 1. The third-order valence-electron chi connectivity index (χ3n) is 2.91. The number of methoxy groups -OCH3 is 1. The Morgan fingerprint density at radius 3 is 2.56 bits per heavy atom. The number of benzene rings is 1. The van der Waals surface area contributed by atoms with Gasteiger partial charge in [0.15, 0.2) is 0 Å². The van der Waals surface area contributed by atoms with Crippen LogP contribution in [0.4, 0.5) is 10.5 Å². The Kier molecular flexibility index (Phi) is 2.78. The van der Waals surface area contributed by atoms with Crippen molar-refractivity contribution in [3.05, 3.63) is 29.3 Å². The number of amides is 3. The molecule has 18 heavy (non-hydrogen) atoms. The van der Waals surface area contributed by atoms with Crippen molar-refractivity contribution >= 4 is 23.6 Å². The van der Waals surface area contributed by atoms with Crippen LogP contribution in [0.5, 0.6) is 0 Å². The van der Waals surface area contributed by atoms with Gasteiger partial charge in [0.2, 0.25) is 0 Å². The minimum atomic E-state index is -0.599. The summed E-state index contributed by atoms with van der Waals surface area (Å²) in [5.74, 6) is -0.781. The van der Waals surface area contributed by atoms with E-state index in [-0.39, 0.29) is 11.5 Å². The average Bonchev–Trinajstić information content (AvgIpc) is 2.62. The molecule has 0 aliphatic carbocycles. The molecule has 1 aromatic rings. The second-order valence-electron chi connectivity index (χ2n) is 3.90. The fraction of sp³-hybridized carbons (Fsp3) is 0.250. The first-order chi connectivity index (χ1) is 8.49. The van der Waals surface area contributed by atoms with E-state index in [2.05, 4.69) is 4.74 Å². The van der Waals surface area contributed by atoms with Crippen LogP contribution in [0.25, 0.3) is 0 Å².